The van der Waals surface area contributed by atoms with Crippen molar-refractivity contribution < 1.29 is 9.50 Å². The minimum atomic E-state index is -0.311. The third-order valence-electron chi connectivity index (χ3n) is 3.11. The summed E-state index contributed by atoms with van der Waals surface area (Å²) in [5, 5.41) is 11.8. The number of nitrogens with two attached hydrogens (primary N) is 1. The van der Waals surface area contributed by atoms with E-state index in [-0.39, 0.29) is 18.5 Å². The molecule has 0 spiro atoms. The summed E-state index contributed by atoms with van der Waals surface area (Å²) in [6, 6.07) is 6.34. The zero-order chi connectivity index (χ0) is 14.5. The Morgan fingerprint density at radius 3 is 2.80 bits per heavy atom. The Bertz CT molecular complexity index is 561. The van der Waals surface area contributed by atoms with Crippen LogP contribution in [0, 0.1) is 5.82 Å². The molecule has 0 saturated heterocycles. The number of rotatable bonds is 6. The van der Waals surface area contributed by atoms with Crippen LogP contribution in [0.3, 0.4) is 0 Å². The van der Waals surface area contributed by atoms with Crippen molar-refractivity contribution in [1.29, 1.82) is 0 Å². The molecule has 0 radical (unpaired) electrons. The highest BCUT2D eigenvalue weighted by Crippen LogP contribution is 2.31. The van der Waals surface area contributed by atoms with E-state index in [2.05, 4.69) is 4.98 Å². The predicted molar refractivity (Wildman–Crippen MR) is 78.0 cm³/mol. The molecular formula is C14H18FN3OS. The second kappa shape index (κ2) is 6.90. The van der Waals surface area contributed by atoms with Gasteiger partial charge in [-0.25, -0.2) is 9.37 Å². The van der Waals surface area contributed by atoms with Gasteiger partial charge in [-0.05, 0) is 13.1 Å². The van der Waals surface area contributed by atoms with E-state index in [4.69, 9.17) is 10.8 Å². The Kier molecular flexibility index (Phi) is 5.19. The van der Waals surface area contributed by atoms with E-state index in [0.29, 0.717) is 18.7 Å². The summed E-state index contributed by atoms with van der Waals surface area (Å²) in [4.78, 5) is 6.34. The molecular weight excluding hydrogens is 277 g/mol. The summed E-state index contributed by atoms with van der Waals surface area (Å²) in [7, 11) is 1.84. The van der Waals surface area contributed by atoms with Gasteiger partial charge in [0.25, 0.3) is 0 Å². The fourth-order valence-electron chi connectivity index (χ4n) is 2.08. The van der Waals surface area contributed by atoms with Gasteiger partial charge in [0.1, 0.15) is 10.8 Å². The normalized spacial score (nSPS) is 12.8. The smallest absolute Gasteiger partial charge is 0.128 e. The first-order chi connectivity index (χ1) is 9.67. The number of hydrogen-bond acceptors (Lipinski definition) is 5. The molecule has 0 saturated carbocycles. The summed E-state index contributed by atoms with van der Waals surface area (Å²) < 4.78 is 14.1. The number of aliphatic hydroxyl groups is 1. The molecule has 0 fully saturated rings. The minimum absolute atomic E-state index is 0.0105. The van der Waals surface area contributed by atoms with Crippen molar-refractivity contribution in [1.82, 2.24) is 9.88 Å². The number of aliphatic hydroxyl groups excluding tert-OH is 1. The highest BCUT2D eigenvalue weighted by atomic mass is 32.1. The first-order valence-electron chi connectivity index (χ1n) is 6.37. The van der Waals surface area contributed by atoms with Crippen LogP contribution in [0.2, 0.25) is 0 Å². The topological polar surface area (TPSA) is 62.4 Å². The lowest BCUT2D eigenvalue weighted by atomic mass is 10.1. The molecule has 2 aromatic rings. The van der Waals surface area contributed by atoms with E-state index < -0.39 is 0 Å². The lowest BCUT2D eigenvalue weighted by Crippen LogP contribution is -2.29. The van der Waals surface area contributed by atoms with Crippen molar-refractivity contribution in [2.24, 2.45) is 5.73 Å². The Hall–Kier alpha value is -1.34. The summed E-state index contributed by atoms with van der Waals surface area (Å²) in [6.45, 7) is 0.817. The molecule has 4 nitrogen and oxygen atoms in total. The lowest BCUT2D eigenvalue weighted by molar-refractivity contribution is 0.195. The second-order valence-corrected chi connectivity index (χ2v) is 5.40. The Balaban J connectivity index is 2.41. The maximum atomic E-state index is 14.1. The molecule has 3 N–H and O–H groups in total. The minimum Gasteiger partial charge on any atom is -0.395 e. The molecule has 0 bridgehead atoms. The van der Waals surface area contributed by atoms with Crippen LogP contribution in [-0.4, -0.2) is 35.2 Å². The van der Waals surface area contributed by atoms with E-state index in [1.807, 2.05) is 17.3 Å². The van der Waals surface area contributed by atoms with Crippen molar-refractivity contribution >= 4 is 11.3 Å². The number of benzene rings is 1. The molecule has 1 aromatic heterocycles. The van der Waals surface area contributed by atoms with Gasteiger partial charge < -0.3 is 10.8 Å². The van der Waals surface area contributed by atoms with Gasteiger partial charge in [-0.15, -0.1) is 11.3 Å². The van der Waals surface area contributed by atoms with E-state index in [1.54, 1.807) is 18.2 Å². The van der Waals surface area contributed by atoms with E-state index in [9.17, 15) is 4.39 Å². The monoisotopic (exact) mass is 295 g/mol. The summed E-state index contributed by atoms with van der Waals surface area (Å²) in [5.41, 5.74) is 6.94. The van der Waals surface area contributed by atoms with Gasteiger partial charge in [-0.2, -0.15) is 0 Å². The van der Waals surface area contributed by atoms with Crippen LogP contribution in [-0.2, 0) is 6.54 Å². The Morgan fingerprint density at radius 1 is 1.45 bits per heavy atom. The van der Waals surface area contributed by atoms with Crippen LogP contribution in [0.4, 0.5) is 4.39 Å². The molecule has 0 aliphatic carbocycles. The van der Waals surface area contributed by atoms with Crippen LogP contribution >= 0.6 is 11.3 Å². The van der Waals surface area contributed by atoms with Gasteiger partial charge in [-0.3, -0.25) is 4.90 Å². The molecule has 1 aromatic carbocycles. The SMILES string of the molecule is CN(CCO)C(c1nc(CN)cs1)c1ccccc1F. The quantitative estimate of drug-likeness (QED) is 0.852. The van der Waals surface area contributed by atoms with Gasteiger partial charge in [0.15, 0.2) is 0 Å². The van der Waals surface area contributed by atoms with Crippen LogP contribution in [0.5, 0.6) is 0 Å². The second-order valence-electron chi connectivity index (χ2n) is 4.51. The summed E-state index contributed by atoms with van der Waals surface area (Å²) in [5.74, 6) is -0.271. The first kappa shape index (κ1) is 15.1. The average Bonchev–Trinajstić information content (AvgIpc) is 2.90. The lowest BCUT2D eigenvalue weighted by Gasteiger charge is -2.26. The van der Waals surface area contributed by atoms with E-state index in [0.717, 1.165) is 10.7 Å². The van der Waals surface area contributed by atoms with Crippen molar-refractivity contribution in [3.8, 4) is 0 Å². The molecule has 1 unspecified atom stereocenters. The fourth-order valence-corrected chi connectivity index (χ4v) is 3.10. The maximum absolute atomic E-state index is 14.1. The van der Waals surface area contributed by atoms with Crippen LogP contribution in [0.25, 0.3) is 0 Å². The highest BCUT2D eigenvalue weighted by Gasteiger charge is 2.24. The Labute approximate surface area is 121 Å². The van der Waals surface area contributed by atoms with E-state index in [1.165, 1.54) is 17.4 Å². The standard InChI is InChI=1S/C14H18FN3OS/c1-18(6-7-19)13(11-4-2-3-5-12(11)15)14-17-10(8-16)9-20-14/h2-5,9,13,19H,6-8,16H2,1H3. The van der Waals surface area contributed by atoms with Crippen LogP contribution in [0.1, 0.15) is 22.3 Å². The Morgan fingerprint density at radius 2 is 2.20 bits per heavy atom. The summed E-state index contributed by atoms with van der Waals surface area (Å²) >= 11 is 1.46. The predicted octanol–water partition coefficient (Wildman–Crippen LogP) is 1.75. The number of nitrogens with zero attached hydrogens (tertiary/aromatic N) is 2. The van der Waals surface area contributed by atoms with Gasteiger partial charge in [0.05, 0.1) is 18.3 Å². The molecule has 2 rings (SSSR count). The molecule has 1 heterocycles. The van der Waals surface area contributed by atoms with Crippen molar-refractivity contribution in [3.05, 3.63) is 51.7 Å². The molecule has 0 aliphatic heterocycles. The van der Waals surface area contributed by atoms with Crippen molar-refractivity contribution in [2.75, 3.05) is 20.2 Å². The highest BCUT2D eigenvalue weighted by molar-refractivity contribution is 7.09. The number of thiazole rings is 1. The molecule has 0 aliphatic rings. The van der Waals surface area contributed by atoms with Gasteiger partial charge in [0, 0.05) is 24.0 Å². The van der Waals surface area contributed by atoms with Gasteiger partial charge in [0.2, 0.25) is 0 Å². The number of likely N-dealkylation sites (N-methyl/N-ethyl adjacent to an activating group) is 1. The van der Waals surface area contributed by atoms with E-state index >= 15 is 0 Å². The average molecular weight is 295 g/mol. The largest absolute Gasteiger partial charge is 0.395 e. The molecule has 20 heavy (non-hydrogen) atoms. The van der Waals surface area contributed by atoms with Gasteiger partial charge >= 0.3 is 0 Å². The maximum Gasteiger partial charge on any atom is 0.128 e. The molecule has 6 heteroatoms. The number of aromatic nitrogens is 1. The molecule has 0 amide bonds. The molecule has 1 atom stereocenters. The first-order valence-corrected chi connectivity index (χ1v) is 7.25. The van der Waals surface area contributed by atoms with Crippen LogP contribution in [0.15, 0.2) is 29.6 Å². The number of halogens is 1. The zero-order valence-corrected chi connectivity index (χ0v) is 12.1. The van der Waals surface area contributed by atoms with Crippen LogP contribution < -0.4 is 5.73 Å². The number of hydrogen-bond donors (Lipinski definition) is 2. The molecule has 108 valence electrons. The fraction of sp³-hybridized carbons (Fsp3) is 0.357. The third kappa shape index (κ3) is 3.21. The van der Waals surface area contributed by atoms with Crippen molar-refractivity contribution in [3.63, 3.8) is 0 Å². The van der Waals surface area contributed by atoms with Crippen molar-refractivity contribution in [2.45, 2.75) is 12.6 Å². The zero-order valence-electron chi connectivity index (χ0n) is 11.3. The van der Waals surface area contributed by atoms with Gasteiger partial charge in [-0.1, -0.05) is 18.2 Å². The third-order valence-corrected chi connectivity index (χ3v) is 4.05. The summed E-state index contributed by atoms with van der Waals surface area (Å²) in [6.07, 6.45) is 0.